The predicted molar refractivity (Wildman–Crippen MR) is 145 cm³/mol. The van der Waals surface area contributed by atoms with Crippen LogP contribution in [0, 0.1) is 12.7 Å². The smallest absolute Gasteiger partial charge is 0.242 e. The summed E-state index contributed by atoms with van der Waals surface area (Å²) in [5.41, 5.74) is 1.99. The fourth-order valence-corrected chi connectivity index (χ4v) is 5.36. The van der Waals surface area contributed by atoms with Crippen molar-refractivity contribution in [3.8, 4) is 33.8 Å². The van der Waals surface area contributed by atoms with Gasteiger partial charge in [-0.15, -0.1) is 0 Å². The monoisotopic (exact) mass is 540 g/mol. The fourth-order valence-electron chi connectivity index (χ4n) is 4.36. The van der Waals surface area contributed by atoms with Gasteiger partial charge in [0.25, 0.3) is 0 Å². The molecule has 0 amide bonds. The van der Waals surface area contributed by atoms with Gasteiger partial charge < -0.3 is 19.4 Å². The van der Waals surface area contributed by atoms with Gasteiger partial charge in [0.1, 0.15) is 23.9 Å². The Morgan fingerprint density at radius 1 is 1.03 bits per heavy atom. The number of rotatable bonds is 7. The Bertz CT molecular complexity index is 1840. The molecule has 9 heteroatoms. The van der Waals surface area contributed by atoms with E-state index in [1.807, 2.05) is 30.3 Å². The highest BCUT2D eigenvalue weighted by Crippen LogP contribution is 2.46. The van der Waals surface area contributed by atoms with Gasteiger partial charge in [-0.1, -0.05) is 53.8 Å². The van der Waals surface area contributed by atoms with Crippen molar-refractivity contribution in [2.24, 2.45) is 0 Å². The standard InChI is InChI=1S/C30H21FN2O5S/c1-17-10-13-23(38-17)27(34)25-26(19-8-5-9-21(14-19)37-16-18-6-3-2-4-7-18)33(29(36)28(25)35)30-32-22-12-11-20(31)15-24(22)39-30/h2-15,35-36H,16H2,1H3. The number of benzene rings is 3. The van der Waals surface area contributed by atoms with Crippen LogP contribution in [0.5, 0.6) is 17.4 Å². The molecule has 3 aromatic heterocycles. The summed E-state index contributed by atoms with van der Waals surface area (Å²) in [4.78, 5) is 18.1. The molecule has 0 bridgehead atoms. The van der Waals surface area contributed by atoms with E-state index < -0.39 is 23.2 Å². The third-order valence-electron chi connectivity index (χ3n) is 6.20. The second-order valence-corrected chi connectivity index (χ2v) is 9.89. The van der Waals surface area contributed by atoms with Gasteiger partial charge >= 0.3 is 0 Å². The molecule has 194 valence electrons. The summed E-state index contributed by atoms with van der Waals surface area (Å²) in [5.74, 6) is -1.20. The molecule has 0 aliphatic rings. The van der Waals surface area contributed by atoms with Crippen molar-refractivity contribution in [1.29, 1.82) is 0 Å². The van der Waals surface area contributed by atoms with E-state index in [4.69, 9.17) is 9.15 Å². The molecule has 3 aromatic carbocycles. The molecule has 7 nitrogen and oxygen atoms in total. The van der Waals surface area contributed by atoms with Crippen LogP contribution in [0.2, 0.25) is 0 Å². The first-order valence-corrected chi connectivity index (χ1v) is 12.8. The number of hydrogen-bond acceptors (Lipinski definition) is 7. The molecule has 0 saturated heterocycles. The van der Waals surface area contributed by atoms with Crippen LogP contribution in [0.1, 0.15) is 27.4 Å². The first kappa shape index (κ1) is 24.4. The summed E-state index contributed by atoms with van der Waals surface area (Å²) >= 11 is 1.11. The van der Waals surface area contributed by atoms with Crippen LogP contribution in [-0.4, -0.2) is 25.5 Å². The molecule has 0 fully saturated rings. The molecule has 6 rings (SSSR count). The number of aryl methyl sites for hydroxylation is 1. The summed E-state index contributed by atoms with van der Waals surface area (Å²) in [6.07, 6.45) is 0. The Morgan fingerprint density at radius 3 is 2.62 bits per heavy atom. The second-order valence-electron chi connectivity index (χ2n) is 8.88. The number of fused-ring (bicyclic) bond motifs is 1. The zero-order chi connectivity index (χ0) is 27.1. The van der Waals surface area contributed by atoms with Gasteiger partial charge in [0, 0.05) is 5.56 Å². The molecule has 0 radical (unpaired) electrons. The number of halogens is 1. The van der Waals surface area contributed by atoms with E-state index >= 15 is 0 Å². The topological polar surface area (TPSA) is 97.7 Å². The summed E-state index contributed by atoms with van der Waals surface area (Å²) in [6.45, 7) is 2.02. The Hall–Kier alpha value is -4.89. The highest BCUT2D eigenvalue weighted by Gasteiger charge is 2.32. The predicted octanol–water partition coefficient (Wildman–Crippen LogP) is 7.02. The molecule has 0 spiro atoms. The number of aromatic nitrogens is 2. The van der Waals surface area contributed by atoms with Crippen LogP contribution >= 0.6 is 11.3 Å². The maximum atomic E-state index is 13.9. The lowest BCUT2D eigenvalue weighted by molar-refractivity contribution is 0.101. The summed E-state index contributed by atoms with van der Waals surface area (Å²) in [7, 11) is 0. The third-order valence-corrected chi connectivity index (χ3v) is 7.20. The number of carbonyl (C=O) groups is 1. The van der Waals surface area contributed by atoms with E-state index in [2.05, 4.69) is 4.98 Å². The minimum atomic E-state index is -0.620. The van der Waals surface area contributed by atoms with Gasteiger partial charge in [-0.05, 0) is 55.0 Å². The van der Waals surface area contributed by atoms with E-state index in [1.165, 1.54) is 28.8 Å². The number of furan rings is 1. The summed E-state index contributed by atoms with van der Waals surface area (Å²) in [5, 5.41) is 22.4. The van der Waals surface area contributed by atoms with E-state index in [1.54, 1.807) is 37.3 Å². The van der Waals surface area contributed by atoms with Crippen molar-refractivity contribution in [2.45, 2.75) is 13.5 Å². The van der Waals surface area contributed by atoms with Gasteiger partial charge in [-0.3, -0.25) is 9.36 Å². The number of aromatic hydroxyl groups is 2. The van der Waals surface area contributed by atoms with Crippen LogP contribution < -0.4 is 4.74 Å². The molecular formula is C30H21FN2O5S. The lowest BCUT2D eigenvalue weighted by Gasteiger charge is -2.11. The normalized spacial score (nSPS) is 11.2. The summed E-state index contributed by atoms with van der Waals surface area (Å²) in [6, 6.07) is 23.9. The largest absolute Gasteiger partial charge is 0.503 e. The van der Waals surface area contributed by atoms with Crippen LogP contribution in [0.3, 0.4) is 0 Å². The Morgan fingerprint density at radius 2 is 1.85 bits per heavy atom. The van der Waals surface area contributed by atoms with Crippen molar-refractivity contribution in [3.05, 3.63) is 113 Å². The van der Waals surface area contributed by atoms with Gasteiger partial charge in [0.15, 0.2) is 16.6 Å². The van der Waals surface area contributed by atoms with E-state index in [0.29, 0.717) is 33.9 Å². The molecule has 6 aromatic rings. The molecular weight excluding hydrogens is 519 g/mol. The average molecular weight is 541 g/mol. The van der Waals surface area contributed by atoms with Crippen molar-refractivity contribution in [1.82, 2.24) is 9.55 Å². The maximum Gasteiger partial charge on any atom is 0.242 e. The van der Waals surface area contributed by atoms with Crippen LogP contribution in [-0.2, 0) is 6.61 Å². The molecule has 0 atom stereocenters. The van der Waals surface area contributed by atoms with E-state index in [-0.39, 0.29) is 22.1 Å². The Balaban J connectivity index is 1.52. The van der Waals surface area contributed by atoms with Crippen molar-refractivity contribution in [2.75, 3.05) is 0 Å². The average Bonchev–Trinajstić information content (AvgIpc) is 3.63. The minimum Gasteiger partial charge on any atom is -0.503 e. The van der Waals surface area contributed by atoms with Crippen LogP contribution in [0.15, 0.2) is 89.3 Å². The lowest BCUT2D eigenvalue weighted by atomic mass is 10.0. The number of ether oxygens (including phenoxy) is 1. The molecule has 3 heterocycles. The van der Waals surface area contributed by atoms with Gasteiger partial charge in [-0.2, -0.15) is 0 Å². The fraction of sp³-hybridized carbons (Fsp3) is 0.0667. The van der Waals surface area contributed by atoms with Gasteiger partial charge in [0.2, 0.25) is 11.7 Å². The highest BCUT2D eigenvalue weighted by atomic mass is 32.1. The molecule has 0 unspecified atom stereocenters. The second kappa shape index (κ2) is 9.77. The molecule has 0 aliphatic heterocycles. The number of carbonyl (C=O) groups excluding carboxylic acids is 1. The molecule has 2 N–H and O–H groups in total. The number of ketones is 1. The van der Waals surface area contributed by atoms with Crippen molar-refractivity contribution >= 4 is 27.3 Å². The third kappa shape index (κ3) is 4.53. The lowest BCUT2D eigenvalue weighted by Crippen LogP contribution is -2.04. The van der Waals surface area contributed by atoms with E-state index in [9.17, 15) is 19.4 Å². The highest BCUT2D eigenvalue weighted by molar-refractivity contribution is 7.20. The zero-order valence-electron chi connectivity index (χ0n) is 20.6. The number of nitrogens with zero attached hydrogens (tertiary/aromatic N) is 2. The van der Waals surface area contributed by atoms with Gasteiger partial charge in [-0.25, -0.2) is 9.37 Å². The SMILES string of the molecule is Cc1ccc(C(=O)c2c(O)c(O)n(-c3nc4ccc(F)cc4s3)c2-c2cccc(OCc3ccccc3)c2)o1. The van der Waals surface area contributed by atoms with E-state index in [0.717, 1.165) is 16.9 Å². The quantitative estimate of drug-likeness (QED) is 0.211. The first-order valence-electron chi connectivity index (χ1n) is 12.0. The summed E-state index contributed by atoms with van der Waals surface area (Å²) < 4.78 is 27.3. The first-order chi connectivity index (χ1) is 18.9. The molecule has 0 aliphatic carbocycles. The zero-order valence-corrected chi connectivity index (χ0v) is 21.4. The Labute approximate surface area is 226 Å². The van der Waals surface area contributed by atoms with Crippen molar-refractivity contribution in [3.63, 3.8) is 0 Å². The number of hydrogen-bond donors (Lipinski definition) is 2. The minimum absolute atomic E-state index is 0.00375. The number of thiazole rings is 1. The molecule has 39 heavy (non-hydrogen) atoms. The van der Waals surface area contributed by atoms with Crippen molar-refractivity contribution < 1.29 is 28.6 Å². The van der Waals surface area contributed by atoms with Crippen LogP contribution in [0.25, 0.3) is 26.6 Å². The van der Waals surface area contributed by atoms with Gasteiger partial charge in [0.05, 0.1) is 21.5 Å². The van der Waals surface area contributed by atoms with Crippen LogP contribution in [0.4, 0.5) is 4.39 Å². The molecule has 0 saturated carbocycles. The Kier molecular flexibility index (Phi) is 6.12. The maximum absolute atomic E-state index is 13.9.